The average molecular weight is 494 g/mol. The van der Waals surface area contributed by atoms with Crippen molar-refractivity contribution in [3.8, 4) is 11.5 Å². The van der Waals surface area contributed by atoms with Gasteiger partial charge in [0.05, 0.1) is 19.4 Å². The maximum Gasteiger partial charge on any atom is 0.250 e. The number of nitrogens with zero attached hydrogens (tertiary/aromatic N) is 1. The summed E-state index contributed by atoms with van der Waals surface area (Å²) < 4.78 is 25.7. The van der Waals surface area contributed by atoms with Gasteiger partial charge >= 0.3 is 0 Å². The van der Waals surface area contributed by atoms with Gasteiger partial charge in [0, 0.05) is 25.0 Å². The number of hydrogen-bond donors (Lipinski definition) is 1. The van der Waals surface area contributed by atoms with Gasteiger partial charge in [0.15, 0.2) is 5.75 Å². The van der Waals surface area contributed by atoms with Crippen LogP contribution in [0.3, 0.4) is 0 Å². The van der Waals surface area contributed by atoms with Gasteiger partial charge in [-0.15, -0.1) is 0 Å². The Labute approximate surface area is 208 Å². The SMILES string of the molecule is COc1cc2c(cc1O[Si](C)(C)C(C)(C)C)[C@@H]1C[C@@](O)(CCCF)[C@@H](CCC(C)C)CN1CC2. The summed E-state index contributed by atoms with van der Waals surface area (Å²) in [6.07, 6.45) is 4.70. The molecule has 2 aliphatic rings. The zero-order valence-electron chi connectivity index (χ0n) is 22.8. The van der Waals surface area contributed by atoms with E-state index < -0.39 is 13.9 Å². The Morgan fingerprint density at radius 1 is 1.24 bits per heavy atom. The third-order valence-corrected chi connectivity index (χ3v) is 13.0. The fourth-order valence-electron chi connectivity index (χ4n) is 5.41. The molecule has 0 saturated carbocycles. The summed E-state index contributed by atoms with van der Waals surface area (Å²) in [6, 6.07) is 4.48. The monoisotopic (exact) mass is 493 g/mol. The summed E-state index contributed by atoms with van der Waals surface area (Å²) in [4.78, 5) is 2.56. The molecule has 3 rings (SSSR count). The molecule has 3 atom stereocenters. The van der Waals surface area contributed by atoms with E-state index in [1.807, 2.05) is 0 Å². The highest BCUT2D eigenvalue weighted by Gasteiger charge is 2.47. The highest BCUT2D eigenvalue weighted by Crippen LogP contribution is 2.49. The van der Waals surface area contributed by atoms with Gasteiger partial charge in [-0.3, -0.25) is 9.29 Å². The topological polar surface area (TPSA) is 41.9 Å². The van der Waals surface area contributed by atoms with Crippen LogP contribution in [0.25, 0.3) is 0 Å². The molecule has 1 N–H and O–H groups in total. The number of piperidine rings is 1. The first-order valence-electron chi connectivity index (χ1n) is 13.2. The predicted octanol–water partition coefficient (Wildman–Crippen LogP) is 6.92. The second-order valence-corrected chi connectivity index (χ2v) is 17.3. The Kier molecular flexibility index (Phi) is 8.47. The van der Waals surface area contributed by atoms with E-state index in [1.54, 1.807) is 7.11 Å². The van der Waals surface area contributed by atoms with Crippen molar-refractivity contribution in [3.63, 3.8) is 0 Å². The van der Waals surface area contributed by atoms with Crippen molar-refractivity contribution in [2.24, 2.45) is 11.8 Å². The third-order valence-electron chi connectivity index (χ3n) is 8.66. The predicted molar refractivity (Wildman–Crippen MR) is 141 cm³/mol. The number of hydrogen-bond acceptors (Lipinski definition) is 4. The van der Waals surface area contributed by atoms with Gasteiger partial charge in [0.2, 0.25) is 0 Å². The summed E-state index contributed by atoms with van der Waals surface area (Å²) in [6.45, 7) is 17.2. The number of rotatable bonds is 9. The lowest BCUT2D eigenvalue weighted by atomic mass is 9.70. The van der Waals surface area contributed by atoms with Crippen molar-refractivity contribution in [3.05, 3.63) is 23.3 Å². The molecule has 0 radical (unpaired) electrons. The molecule has 0 unspecified atom stereocenters. The van der Waals surface area contributed by atoms with E-state index >= 15 is 0 Å². The highest BCUT2D eigenvalue weighted by molar-refractivity contribution is 6.74. The van der Waals surface area contributed by atoms with Crippen LogP contribution < -0.4 is 9.16 Å². The number of methoxy groups -OCH3 is 1. The van der Waals surface area contributed by atoms with E-state index in [1.165, 1.54) is 11.1 Å². The molecule has 0 aliphatic carbocycles. The summed E-state index contributed by atoms with van der Waals surface area (Å²) in [5, 5.41) is 11.9. The van der Waals surface area contributed by atoms with Crippen LogP contribution >= 0.6 is 0 Å². The molecule has 0 amide bonds. The number of benzene rings is 1. The van der Waals surface area contributed by atoms with Gasteiger partial charge < -0.3 is 14.3 Å². The third kappa shape index (κ3) is 5.81. The van der Waals surface area contributed by atoms with Crippen molar-refractivity contribution in [1.82, 2.24) is 4.90 Å². The fraction of sp³-hybridized carbons (Fsp3) is 0.786. The normalized spacial score (nSPS) is 25.7. The van der Waals surface area contributed by atoms with Crippen LogP contribution in [0, 0.1) is 11.8 Å². The number of fused-ring (bicyclic) bond motifs is 3. The summed E-state index contributed by atoms with van der Waals surface area (Å²) in [7, 11) is -0.332. The Morgan fingerprint density at radius 3 is 2.53 bits per heavy atom. The quantitative estimate of drug-likeness (QED) is 0.379. The lowest BCUT2D eigenvalue weighted by molar-refractivity contribution is -0.107. The molecular weight excluding hydrogens is 445 g/mol. The Balaban J connectivity index is 1.96. The zero-order chi connectivity index (χ0) is 25.3. The average Bonchev–Trinajstić information content (AvgIpc) is 2.75. The van der Waals surface area contributed by atoms with Crippen LogP contribution in [-0.4, -0.2) is 50.8 Å². The van der Waals surface area contributed by atoms with Crippen LogP contribution in [0.1, 0.15) is 83.9 Å². The van der Waals surface area contributed by atoms with Crippen LogP contribution in [0.5, 0.6) is 11.5 Å². The number of halogens is 1. The van der Waals surface area contributed by atoms with Crippen LogP contribution in [0.15, 0.2) is 12.1 Å². The van der Waals surface area contributed by atoms with E-state index in [0.717, 1.165) is 43.9 Å². The number of ether oxygens (including phenoxy) is 1. The van der Waals surface area contributed by atoms with Crippen LogP contribution in [0.4, 0.5) is 4.39 Å². The standard InChI is InChI=1S/C28H48FNO3Si/c1-20(2)10-11-22-19-30-15-12-21-16-25(32-6)26(33-34(7,8)27(3,4)5)17-23(21)24(30)18-28(22,31)13-9-14-29/h16-17,20,22,24,31H,9-15,18-19H2,1-8H3/t22-,24-,28-/m0/s1. The molecule has 1 aromatic rings. The van der Waals surface area contributed by atoms with Gasteiger partial charge in [0.1, 0.15) is 5.75 Å². The largest absolute Gasteiger partial charge is 0.541 e. The molecule has 0 aromatic heterocycles. The van der Waals surface area contributed by atoms with Gasteiger partial charge in [-0.05, 0) is 79.4 Å². The molecule has 6 heteroatoms. The summed E-state index contributed by atoms with van der Waals surface area (Å²) in [5.74, 6) is 2.42. The summed E-state index contributed by atoms with van der Waals surface area (Å²) >= 11 is 0. The molecule has 1 fully saturated rings. The highest BCUT2D eigenvalue weighted by atomic mass is 28.4. The van der Waals surface area contributed by atoms with E-state index in [9.17, 15) is 9.50 Å². The molecule has 0 spiro atoms. The minimum absolute atomic E-state index is 0.0844. The van der Waals surface area contributed by atoms with Crippen molar-refractivity contribution >= 4 is 8.32 Å². The molecule has 34 heavy (non-hydrogen) atoms. The van der Waals surface area contributed by atoms with Gasteiger partial charge in [-0.2, -0.15) is 0 Å². The van der Waals surface area contributed by atoms with E-state index in [0.29, 0.717) is 25.2 Å². The summed E-state index contributed by atoms with van der Waals surface area (Å²) in [5.41, 5.74) is 1.72. The zero-order valence-corrected chi connectivity index (χ0v) is 23.8. The first-order valence-corrected chi connectivity index (χ1v) is 16.1. The minimum atomic E-state index is -2.05. The Bertz CT molecular complexity index is 838. The maximum absolute atomic E-state index is 13.2. The van der Waals surface area contributed by atoms with Gasteiger partial charge in [-0.25, -0.2) is 0 Å². The molecule has 194 valence electrons. The van der Waals surface area contributed by atoms with Crippen molar-refractivity contribution in [2.75, 3.05) is 26.9 Å². The second kappa shape index (κ2) is 10.5. The molecule has 2 aliphatic heterocycles. The van der Waals surface area contributed by atoms with Gasteiger partial charge in [0.25, 0.3) is 8.32 Å². The smallest absolute Gasteiger partial charge is 0.250 e. The van der Waals surface area contributed by atoms with Crippen LogP contribution in [-0.2, 0) is 6.42 Å². The van der Waals surface area contributed by atoms with Crippen molar-refractivity contribution < 1.29 is 18.7 Å². The molecule has 1 saturated heterocycles. The lowest BCUT2D eigenvalue weighted by Crippen LogP contribution is -2.55. The Hall–Kier alpha value is -1.11. The van der Waals surface area contributed by atoms with E-state index in [4.69, 9.17) is 9.16 Å². The Morgan fingerprint density at radius 2 is 1.94 bits per heavy atom. The lowest BCUT2D eigenvalue weighted by Gasteiger charge is -2.52. The molecule has 4 nitrogen and oxygen atoms in total. The fourth-order valence-corrected chi connectivity index (χ4v) is 6.43. The number of aliphatic hydroxyl groups is 1. The molecule has 0 bridgehead atoms. The maximum atomic E-state index is 13.2. The van der Waals surface area contributed by atoms with E-state index in [2.05, 4.69) is 64.7 Å². The second-order valence-electron chi connectivity index (χ2n) is 12.6. The minimum Gasteiger partial charge on any atom is -0.541 e. The van der Waals surface area contributed by atoms with Gasteiger partial charge in [-0.1, -0.05) is 41.0 Å². The van der Waals surface area contributed by atoms with Crippen molar-refractivity contribution in [2.45, 2.75) is 103 Å². The van der Waals surface area contributed by atoms with Crippen LogP contribution in [0.2, 0.25) is 18.1 Å². The first kappa shape index (κ1) is 27.5. The molecule has 1 aromatic carbocycles. The molecular formula is C28H48FNO3Si. The first-order chi connectivity index (χ1) is 15.8. The number of alkyl halides is 1. The molecule has 2 heterocycles. The van der Waals surface area contributed by atoms with E-state index in [-0.39, 0.29) is 23.7 Å². The van der Waals surface area contributed by atoms with Crippen molar-refractivity contribution in [1.29, 1.82) is 0 Å².